The summed E-state index contributed by atoms with van der Waals surface area (Å²) in [5, 5.41) is 5.30. The van der Waals surface area contributed by atoms with E-state index in [-0.39, 0.29) is 0 Å². The van der Waals surface area contributed by atoms with Crippen LogP contribution in [-0.2, 0) is 7.05 Å². The Balaban J connectivity index is 2.47. The van der Waals surface area contributed by atoms with Crippen LogP contribution in [0.2, 0.25) is 0 Å². The van der Waals surface area contributed by atoms with E-state index in [9.17, 15) is 0 Å². The molecule has 0 spiro atoms. The van der Waals surface area contributed by atoms with E-state index in [4.69, 9.17) is 5.73 Å². The van der Waals surface area contributed by atoms with Crippen LogP contribution in [0.1, 0.15) is 12.0 Å². The summed E-state index contributed by atoms with van der Waals surface area (Å²) >= 11 is 0. The van der Waals surface area contributed by atoms with Crippen LogP contribution in [0, 0.1) is 11.8 Å². The van der Waals surface area contributed by atoms with Crippen LogP contribution in [0.5, 0.6) is 0 Å². The van der Waals surface area contributed by atoms with Gasteiger partial charge in [0.05, 0.1) is 11.8 Å². The first kappa shape index (κ1) is 9.69. The summed E-state index contributed by atoms with van der Waals surface area (Å²) in [4.78, 5) is 4.10. The first-order valence-corrected chi connectivity index (χ1v) is 4.77. The third kappa shape index (κ3) is 1.97. The molecule has 2 rings (SSSR count). The molecule has 76 valence electrons. The van der Waals surface area contributed by atoms with Crippen molar-refractivity contribution < 1.29 is 0 Å². The van der Waals surface area contributed by atoms with Crippen molar-refractivity contribution in [2.24, 2.45) is 12.8 Å². The van der Waals surface area contributed by atoms with Crippen molar-refractivity contribution in [3.8, 4) is 11.8 Å². The summed E-state index contributed by atoms with van der Waals surface area (Å²) in [6, 6.07) is 0. The molecule has 2 aromatic rings. The number of aromatic nitrogens is 3. The third-order valence-corrected chi connectivity index (χ3v) is 2.04. The quantitative estimate of drug-likeness (QED) is 0.688. The van der Waals surface area contributed by atoms with Crippen LogP contribution in [0.25, 0.3) is 10.9 Å². The van der Waals surface area contributed by atoms with Crippen LogP contribution < -0.4 is 5.73 Å². The Morgan fingerprint density at radius 2 is 2.33 bits per heavy atom. The second-order valence-corrected chi connectivity index (χ2v) is 3.26. The summed E-state index contributed by atoms with van der Waals surface area (Å²) in [6.45, 7) is 0.587. The summed E-state index contributed by atoms with van der Waals surface area (Å²) in [6.07, 6.45) is 6.15. The zero-order valence-electron chi connectivity index (χ0n) is 8.57. The van der Waals surface area contributed by atoms with Crippen molar-refractivity contribution in [1.29, 1.82) is 0 Å². The summed E-state index contributed by atoms with van der Waals surface area (Å²) < 4.78 is 1.76. The molecule has 4 heteroatoms. The van der Waals surface area contributed by atoms with Gasteiger partial charge in [-0.1, -0.05) is 11.8 Å². The molecule has 2 aromatic heterocycles. The topological polar surface area (TPSA) is 56.7 Å². The number of rotatable bonds is 1. The molecule has 0 saturated heterocycles. The maximum Gasteiger partial charge on any atom is 0.112 e. The number of hydrogen-bond donors (Lipinski definition) is 1. The van der Waals surface area contributed by atoms with E-state index in [1.807, 2.05) is 13.2 Å². The normalized spacial score (nSPS) is 10.0. The Kier molecular flexibility index (Phi) is 2.66. The van der Waals surface area contributed by atoms with Crippen LogP contribution in [0.3, 0.4) is 0 Å². The van der Waals surface area contributed by atoms with Gasteiger partial charge in [-0.15, -0.1) is 0 Å². The highest BCUT2D eigenvalue weighted by molar-refractivity contribution is 5.83. The van der Waals surface area contributed by atoms with Gasteiger partial charge in [-0.3, -0.25) is 9.67 Å². The van der Waals surface area contributed by atoms with E-state index in [1.165, 1.54) is 0 Å². The number of aryl methyl sites for hydroxylation is 1. The van der Waals surface area contributed by atoms with Gasteiger partial charge >= 0.3 is 0 Å². The number of fused-ring (bicyclic) bond motifs is 1. The fourth-order valence-electron chi connectivity index (χ4n) is 1.39. The van der Waals surface area contributed by atoms with E-state index < -0.39 is 0 Å². The van der Waals surface area contributed by atoms with Crippen molar-refractivity contribution in [2.75, 3.05) is 6.54 Å². The molecular weight excluding hydrogens is 188 g/mol. The van der Waals surface area contributed by atoms with Crippen molar-refractivity contribution >= 4 is 10.9 Å². The van der Waals surface area contributed by atoms with Crippen molar-refractivity contribution in [1.82, 2.24) is 14.8 Å². The molecule has 0 aliphatic carbocycles. The number of nitrogens with two attached hydrogens (primary N) is 1. The highest BCUT2D eigenvalue weighted by Crippen LogP contribution is 2.14. The van der Waals surface area contributed by atoms with Gasteiger partial charge in [-0.2, -0.15) is 5.10 Å². The lowest BCUT2D eigenvalue weighted by Gasteiger charge is -1.90. The monoisotopic (exact) mass is 200 g/mol. The van der Waals surface area contributed by atoms with Gasteiger partial charge in [0.15, 0.2) is 0 Å². The van der Waals surface area contributed by atoms with Crippen LogP contribution >= 0.6 is 0 Å². The number of nitrogens with zero attached hydrogens (tertiary/aromatic N) is 3. The molecule has 0 bridgehead atoms. The molecule has 0 amide bonds. The molecule has 0 radical (unpaired) electrons. The fraction of sp³-hybridized carbons (Fsp3) is 0.273. The van der Waals surface area contributed by atoms with Crippen molar-refractivity contribution in [2.45, 2.75) is 6.42 Å². The maximum atomic E-state index is 5.37. The Bertz CT molecular complexity index is 530. The second kappa shape index (κ2) is 4.11. The zero-order chi connectivity index (χ0) is 10.7. The Morgan fingerprint density at radius 3 is 3.13 bits per heavy atom. The van der Waals surface area contributed by atoms with E-state index in [2.05, 4.69) is 21.9 Å². The van der Waals surface area contributed by atoms with Crippen molar-refractivity contribution in [3.63, 3.8) is 0 Å². The predicted molar refractivity (Wildman–Crippen MR) is 59.1 cm³/mol. The molecule has 0 fully saturated rings. The zero-order valence-corrected chi connectivity index (χ0v) is 8.57. The van der Waals surface area contributed by atoms with Crippen molar-refractivity contribution in [3.05, 3.63) is 24.2 Å². The minimum Gasteiger partial charge on any atom is -0.330 e. The number of pyridine rings is 1. The molecule has 2 heterocycles. The largest absolute Gasteiger partial charge is 0.330 e. The molecule has 4 nitrogen and oxygen atoms in total. The fourth-order valence-corrected chi connectivity index (χ4v) is 1.39. The lowest BCUT2D eigenvalue weighted by molar-refractivity contribution is 0.779. The SMILES string of the molecule is Cn1cc2c(C#CCCN)cncc2n1. The minimum atomic E-state index is 0.587. The summed E-state index contributed by atoms with van der Waals surface area (Å²) in [7, 11) is 1.89. The molecule has 15 heavy (non-hydrogen) atoms. The molecule has 0 saturated carbocycles. The van der Waals surface area contributed by atoms with E-state index in [1.54, 1.807) is 17.1 Å². The Hall–Kier alpha value is -1.86. The average Bonchev–Trinajstić information content (AvgIpc) is 2.59. The van der Waals surface area contributed by atoms with Crippen LogP contribution in [0.4, 0.5) is 0 Å². The number of hydrogen-bond acceptors (Lipinski definition) is 3. The molecule has 0 aliphatic heterocycles. The van der Waals surface area contributed by atoms with Gasteiger partial charge in [0, 0.05) is 37.8 Å². The molecule has 2 N–H and O–H groups in total. The van der Waals surface area contributed by atoms with E-state index in [0.29, 0.717) is 13.0 Å². The van der Waals surface area contributed by atoms with Crippen LogP contribution in [0.15, 0.2) is 18.6 Å². The predicted octanol–water partition coefficient (Wildman–Crippen LogP) is 0.669. The second-order valence-electron chi connectivity index (χ2n) is 3.26. The highest BCUT2D eigenvalue weighted by Gasteiger charge is 2.02. The molecule has 0 aliphatic rings. The van der Waals surface area contributed by atoms with Crippen LogP contribution in [-0.4, -0.2) is 21.3 Å². The Labute approximate surface area is 88.1 Å². The lowest BCUT2D eigenvalue weighted by Crippen LogP contribution is -1.95. The average molecular weight is 200 g/mol. The van der Waals surface area contributed by atoms with Gasteiger partial charge in [-0.05, 0) is 0 Å². The minimum absolute atomic E-state index is 0.587. The van der Waals surface area contributed by atoms with Gasteiger partial charge in [-0.25, -0.2) is 0 Å². The third-order valence-electron chi connectivity index (χ3n) is 2.04. The van der Waals surface area contributed by atoms with Gasteiger partial charge < -0.3 is 5.73 Å². The van der Waals surface area contributed by atoms with E-state index >= 15 is 0 Å². The molecule has 0 aromatic carbocycles. The highest BCUT2D eigenvalue weighted by atomic mass is 15.2. The van der Waals surface area contributed by atoms with Gasteiger partial charge in [0.2, 0.25) is 0 Å². The molecular formula is C11H12N4. The molecule has 0 atom stereocenters. The Morgan fingerprint density at radius 1 is 1.47 bits per heavy atom. The first-order valence-electron chi connectivity index (χ1n) is 4.77. The smallest absolute Gasteiger partial charge is 0.112 e. The molecule has 0 unspecified atom stereocenters. The standard InChI is InChI=1S/C11H12N4/c1-15-8-10-9(4-2-3-5-12)6-13-7-11(10)14-15/h6-8H,3,5,12H2,1H3. The van der Waals surface area contributed by atoms with Gasteiger partial charge in [0.25, 0.3) is 0 Å². The summed E-state index contributed by atoms with van der Waals surface area (Å²) in [5.41, 5.74) is 7.16. The lowest BCUT2D eigenvalue weighted by atomic mass is 10.2. The van der Waals surface area contributed by atoms with E-state index in [0.717, 1.165) is 16.5 Å². The van der Waals surface area contributed by atoms with Gasteiger partial charge in [0.1, 0.15) is 5.52 Å². The maximum absolute atomic E-state index is 5.37. The summed E-state index contributed by atoms with van der Waals surface area (Å²) in [5.74, 6) is 6.06. The first-order chi connectivity index (χ1) is 7.31.